The number of fused-ring (bicyclic) bond motifs is 10. The third kappa shape index (κ3) is 5.39. The number of para-hydroxylation sites is 2. The third-order valence-electron chi connectivity index (χ3n) is 12.5. The van der Waals surface area contributed by atoms with Crippen LogP contribution < -0.4 is 4.90 Å². The molecule has 0 radical (unpaired) electrons. The molecule has 2 heterocycles. The van der Waals surface area contributed by atoms with Gasteiger partial charge < -0.3 is 9.47 Å². The van der Waals surface area contributed by atoms with Crippen LogP contribution in [-0.4, -0.2) is 4.57 Å². The summed E-state index contributed by atoms with van der Waals surface area (Å²) in [5, 5.41) is 11.0. The maximum atomic E-state index is 2.46. The zero-order chi connectivity index (χ0) is 39.4. The Morgan fingerprint density at radius 3 is 1.66 bits per heavy atom. The second-order valence-electron chi connectivity index (χ2n) is 17.1. The van der Waals surface area contributed by atoms with Gasteiger partial charge in [-0.2, -0.15) is 0 Å². The fourth-order valence-electron chi connectivity index (χ4n) is 9.45. The summed E-state index contributed by atoms with van der Waals surface area (Å²) in [4.78, 5) is 2.46. The summed E-state index contributed by atoms with van der Waals surface area (Å²) in [6.45, 7) is 6.84. The second kappa shape index (κ2) is 12.8. The normalized spacial score (nSPS) is 12.3. The number of benzene rings is 9. The molecule has 0 spiro atoms. The molecule has 9 aromatic carbocycles. The van der Waals surface area contributed by atoms with Gasteiger partial charge in [0.2, 0.25) is 0 Å². The molecule has 0 N–H and O–H groups in total. The Bertz CT molecular complexity index is 3420. The predicted molar refractivity (Wildman–Crippen MR) is 254 cm³/mol. The molecule has 59 heavy (non-hydrogen) atoms. The Labute approximate surface area is 347 Å². The van der Waals surface area contributed by atoms with Gasteiger partial charge in [0.15, 0.2) is 0 Å². The smallest absolute Gasteiger partial charge is 0.0554 e. The summed E-state index contributed by atoms with van der Waals surface area (Å²) in [7, 11) is 0. The molecule has 0 unspecified atom stereocenters. The van der Waals surface area contributed by atoms with E-state index < -0.39 is 0 Å². The van der Waals surface area contributed by atoms with Crippen molar-refractivity contribution in [2.24, 2.45) is 0 Å². The monoisotopic (exact) mass is 772 g/mol. The van der Waals surface area contributed by atoms with E-state index in [4.69, 9.17) is 0 Å². The number of anilines is 3. The fourth-order valence-corrected chi connectivity index (χ4v) is 10.3. The van der Waals surface area contributed by atoms with Crippen LogP contribution in [-0.2, 0) is 5.41 Å². The lowest BCUT2D eigenvalue weighted by Crippen LogP contribution is -2.14. The molecule has 1 aliphatic rings. The van der Waals surface area contributed by atoms with Gasteiger partial charge >= 0.3 is 0 Å². The van der Waals surface area contributed by atoms with Crippen LogP contribution in [0.25, 0.3) is 92.5 Å². The number of aromatic nitrogens is 1. The number of thiophene rings is 1. The predicted octanol–water partition coefficient (Wildman–Crippen LogP) is 16.4. The summed E-state index contributed by atoms with van der Waals surface area (Å²) >= 11 is 1.80. The van der Waals surface area contributed by atoms with E-state index in [0.29, 0.717) is 0 Å². The van der Waals surface area contributed by atoms with Crippen molar-refractivity contribution < 1.29 is 0 Å². The van der Waals surface area contributed by atoms with E-state index in [9.17, 15) is 0 Å². The van der Waals surface area contributed by atoms with E-state index in [1.54, 1.807) is 11.3 Å². The first-order chi connectivity index (χ1) is 28.9. The van der Waals surface area contributed by atoms with Gasteiger partial charge in [0.1, 0.15) is 0 Å². The standard InChI is InChI=1S/C56H40N2S/c1-56(2,3)41-19-23-42(24-20-41)57(54-34-55-38(25-26-59-55)31-47(54)35-11-5-4-6-12-35)43-21-17-36-29-48-50(32-39(36)27-43)49-30-37-18-22-44(28-40(37)33-51(48)49)58-52-15-9-7-13-45(52)46-14-8-10-16-53(46)58/h4-34H,1-3H3. The Hall–Kier alpha value is -6.94. The zero-order valence-electron chi connectivity index (χ0n) is 33.2. The molecule has 0 bridgehead atoms. The van der Waals surface area contributed by atoms with E-state index in [-0.39, 0.29) is 5.41 Å². The Morgan fingerprint density at radius 1 is 0.441 bits per heavy atom. The molecule has 12 rings (SSSR count). The van der Waals surface area contributed by atoms with Gasteiger partial charge in [-0.15, -0.1) is 11.3 Å². The van der Waals surface area contributed by atoms with Crippen molar-refractivity contribution in [2.45, 2.75) is 26.2 Å². The largest absolute Gasteiger partial charge is 0.310 e. The van der Waals surface area contributed by atoms with Crippen molar-refractivity contribution >= 4 is 81.8 Å². The van der Waals surface area contributed by atoms with E-state index in [1.807, 2.05) is 0 Å². The van der Waals surface area contributed by atoms with Crippen molar-refractivity contribution in [3.8, 4) is 39.1 Å². The molecule has 3 heteroatoms. The lowest BCUT2D eigenvalue weighted by molar-refractivity contribution is 0.590. The minimum Gasteiger partial charge on any atom is -0.310 e. The minimum atomic E-state index is 0.0650. The summed E-state index contributed by atoms with van der Waals surface area (Å²) in [6, 6.07) is 68.0. The first-order valence-corrected chi connectivity index (χ1v) is 21.4. The molecule has 280 valence electrons. The summed E-state index contributed by atoms with van der Waals surface area (Å²) in [5.41, 5.74) is 16.2. The summed E-state index contributed by atoms with van der Waals surface area (Å²) in [6.07, 6.45) is 0. The van der Waals surface area contributed by atoms with Crippen molar-refractivity contribution in [3.63, 3.8) is 0 Å². The number of rotatable bonds is 5. The van der Waals surface area contributed by atoms with Crippen molar-refractivity contribution in [3.05, 3.63) is 193 Å². The highest BCUT2D eigenvalue weighted by atomic mass is 32.1. The van der Waals surface area contributed by atoms with Gasteiger partial charge in [-0.05, 0) is 162 Å². The lowest BCUT2D eigenvalue weighted by atomic mass is 9.78. The van der Waals surface area contributed by atoms with Crippen LogP contribution >= 0.6 is 11.3 Å². The van der Waals surface area contributed by atoms with Crippen molar-refractivity contribution in [1.82, 2.24) is 4.57 Å². The highest BCUT2D eigenvalue weighted by molar-refractivity contribution is 7.17. The maximum Gasteiger partial charge on any atom is 0.0554 e. The van der Waals surface area contributed by atoms with Crippen LogP contribution in [0.3, 0.4) is 0 Å². The quantitative estimate of drug-likeness (QED) is 0.169. The van der Waals surface area contributed by atoms with Crippen LogP contribution in [0, 0.1) is 0 Å². The van der Waals surface area contributed by atoms with E-state index in [1.165, 1.54) is 104 Å². The van der Waals surface area contributed by atoms with E-state index in [0.717, 1.165) is 11.4 Å². The maximum absolute atomic E-state index is 2.46. The molecule has 11 aromatic rings. The molecular weight excluding hydrogens is 733 g/mol. The first-order valence-electron chi connectivity index (χ1n) is 20.5. The molecular formula is C56H40N2S. The summed E-state index contributed by atoms with van der Waals surface area (Å²) in [5.74, 6) is 0. The summed E-state index contributed by atoms with van der Waals surface area (Å²) < 4.78 is 3.69. The molecule has 0 atom stereocenters. The van der Waals surface area contributed by atoms with Gasteiger partial charge in [0, 0.05) is 38.1 Å². The molecule has 0 aliphatic heterocycles. The highest BCUT2D eigenvalue weighted by Gasteiger charge is 2.26. The molecule has 2 nitrogen and oxygen atoms in total. The third-order valence-corrected chi connectivity index (χ3v) is 13.4. The molecule has 0 fully saturated rings. The van der Waals surface area contributed by atoms with Crippen LogP contribution in [0.15, 0.2) is 187 Å². The van der Waals surface area contributed by atoms with Crippen LogP contribution in [0.1, 0.15) is 26.3 Å². The van der Waals surface area contributed by atoms with Gasteiger partial charge in [0.25, 0.3) is 0 Å². The van der Waals surface area contributed by atoms with Crippen LogP contribution in [0.2, 0.25) is 0 Å². The Kier molecular flexibility index (Phi) is 7.39. The Balaban J connectivity index is 0.981. The van der Waals surface area contributed by atoms with Crippen molar-refractivity contribution in [2.75, 3.05) is 4.90 Å². The number of nitrogens with zero attached hydrogens (tertiary/aromatic N) is 2. The van der Waals surface area contributed by atoms with Crippen LogP contribution in [0.4, 0.5) is 17.1 Å². The van der Waals surface area contributed by atoms with Crippen LogP contribution in [0.5, 0.6) is 0 Å². The number of hydrogen-bond acceptors (Lipinski definition) is 2. The van der Waals surface area contributed by atoms with E-state index in [2.05, 4.69) is 218 Å². The van der Waals surface area contributed by atoms with Gasteiger partial charge in [-0.25, -0.2) is 0 Å². The highest BCUT2D eigenvalue weighted by Crippen LogP contribution is 2.52. The number of hydrogen-bond donors (Lipinski definition) is 0. The second-order valence-corrected chi connectivity index (χ2v) is 18.0. The fraction of sp³-hybridized carbons (Fsp3) is 0.0714. The Morgan fingerprint density at radius 2 is 1.00 bits per heavy atom. The molecule has 2 aromatic heterocycles. The molecule has 1 aliphatic carbocycles. The zero-order valence-corrected chi connectivity index (χ0v) is 34.0. The average molecular weight is 773 g/mol. The topological polar surface area (TPSA) is 8.17 Å². The van der Waals surface area contributed by atoms with Gasteiger partial charge in [-0.1, -0.05) is 112 Å². The molecule has 0 saturated carbocycles. The minimum absolute atomic E-state index is 0.0650. The van der Waals surface area contributed by atoms with E-state index >= 15 is 0 Å². The lowest BCUT2D eigenvalue weighted by Gasteiger charge is -2.30. The molecule has 0 saturated heterocycles. The van der Waals surface area contributed by atoms with Gasteiger partial charge in [0.05, 0.1) is 16.7 Å². The SMILES string of the molecule is CC(C)(C)c1ccc(N(c2ccc3cc4c(cc3c2)-c2cc3ccc(-n5c6ccccc6c6ccccc65)cc3cc2-4)c2cc3sccc3cc2-c2ccccc2)cc1. The van der Waals surface area contributed by atoms with Gasteiger partial charge in [-0.3, -0.25) is 0 Å². The first kappa shape index (κ1) is 34.1. The van der Waals surface area contributed by atoms with Crippen molar-refractivity contribution in [1.29, 1.82) is 0 Å². The molecule has 0 amide bonds. The average Bonchev–Trinajstić information content (AvgIpc) is 3.87.